The second-order valence-electron chi connectivity index (χ2n) is 13.8. The molecule has 194 valence electrons. The summed E-state index contributed by atoms with van der Waals surface area (Å²) in [6.07, 6.45) is 17.2. The normalized spacial score (nSPS) is 44.9. The molecule has 0 spiro atoms. The molecule has 4 aliphatic rings. The molecule has 1 aromatic heterocycles. The smallest absolute Gasteiger partial charge is 0.102 e. The third-order valence-corrected chi connectivity index (χ3v) is 11.8. The first-order valence-electron chi connectivity index (χ1n) is 14.4. The molecule has 0 aliphatic heterocycles. The van der Waals surface area contributed by atoms with Gasteiger partial charge in [0.15, 0.2) is 0 Å². The Bertz CT molecular complexity index is 965. The molecule has 9 atom stereocenters. The van der Waals surface area contributed by atoms with Gasteiger partial charge in [-0.25, -0.2) is 0 Å². The molecule has 0 radical (unpaired) electrons. The fourth-order valence-electron chi connectivity index (χ4n) is 10.2. The van der Waals surface area contributed by atoms with Crippen molar-refractivity contribution >= 4 is 0 Å². The number of nitriles is 1. The van der Waals surface area contributed by atoms with Crippen molar-refractivity contribution in [1.29, 1.82) is 5.26 Å². The van der Waals surface area contributed by atoms with E-state index in [0.717, 1.165) is 43.9 Å². The highest BCUT2D eigenvalue weighted by Gasteiger charge is 2.61. The van der Waals surface area contributed by atoms with Crippen LogP contribution in [0.15, 0.2) is 12.4 Å². The van der Waals surface area contributed by atoms with Gasteiger partial charge in [0, 0.05) is 6.20 Å². The van der Waals surface area contributed by atoms with Gasteiger partial charge in [-0.15, -0.1) is 0 Å². The zero-order chi connectivity index (χ0) is 25.1. The standard InChI is InChI=1S/C30H47N3O2/c1-5-12-30(35)15-14-27(2)22(16-30)9-10-23-24-7-6-8-26(28(24,3)13-11-25(23)27)29(4,34)20-33-19-21(17-31)18-32-33/h18-19,22-26,34-35H,5-16,20H2,1-4H3/t22-,23+,24+,25+,26+,27+,28+,29?,30-/m1/s1. The summed E-state index contributed by atoms with van der Waals surface area (Å²) in [6, 6.07) is 2.15. The first-order chi connectivity index (χ1) is 16.5. The van der Waals surface area contributed by atoms with Crippen molar-refractivity contribution < 1.29 is 10.2 Å². The molecule has 4 saturated carbocycles. The lowest BCUT2D eigenvalue weighted by Gasteiger charge is -2.65. The van der Waals surface area contributed by atoms with Crippen molar-refractivity contribution in [2.24, 2.45) is 40.4 Å². The first-order valence-corrected chi connectivity index (χ1v) is 14.4. The Labute approximate surface area is 212 Å². The zero-order valence-electron chi connectivity index (χ0n) is 22.5. The number of hydrogen-bond acceptors (Lipinski definition) is 4. The highest BCUT2D eigenvalue weighted by molar-refractivity contribution is 5.21. The Kier molecular flexibility index (Phi) is 6.41. The predicted molar refractivity (Wildman–Crippen MR) is 137 cm³/mol. The third-order valence-electron chi connectivity index (χ3n) is 11.8. The minimum absolute atomic E-state index is 0.148. The summed E-state index contributed by atoms with van der Waals surface area (Å²) >= 11 is 0. The average molecular weight is 482 g/mol. The van der Waals surface area contributed by atoms with E-state index >= 15 is 0 Å². The van der Waals surface area contributed by atoms with E-state index in [-0.39, 0.29) is 11.3 Å². The van der Waals surface area contributed by atoms with Crippen LogP contribution in [0.25, 0.3) is 0 Å². The van der Waals surface area contributed by atoms with Crippen LogP contribution in [0.4, 0.5) is 0 Å². The van der Waals surface area contributed by atoms with Gasteiger partial charge in [-0.1, -0.05) is 33.6 Å². The molecule has 4 aliphatic carbocycles. The van der Waals surface area contributed by atoms with Crippen LogP contribution in [0.3, 0.4) is 0 Å². The van der Waals surface area contributed by atoms with Gasteiger partial charge in [0.2, 0.25) is 0 Å². The van der Waals surface area contributed by atoms with Gasteiger partial charge in [-0.3, -0.25) is 4.68 Å². The summed E-state index contributed by atoms with van der Waals surface area (Å²) in [6.45, 7) is 9.73. The van der Waals surface area contributed by atoms with Gasteiger partial charge < -0.3 is 10.2 Å². The Morgan fingerprint density at radius 3 is 2.60 bits per heavy atom. The minimum atomic E-state index is -0.846. The molecular formula is C30H47N3O2. The Morgan fingerprint density at radius 2 is 1.89 bits per heavy atom. The lowest BCUT2D eigenvalue weighted by atomic mass is 9.40. The maximum Gasteiger partial charge on any atom is 0.102 e. The van der Waals surface area contributed by atoms with Crippen LogP contribution in [0, 0.1) is 51.8 Å². The van der Waals surface area contributed by atoms with E-state index in [1.165, 1.54) is 44.9 Å². The largest absolute Gasteiger partial charge is 0.390 e. The van der Waals surface area contributed by atoms with Gasteiger partial charge >= 0.3 is 0 Å². The molecule has 2 N–H and O–H groups in total. The molecule has 0 saturated heterocycles. The summed E-state index contributed by atoms with van der Waals surface area (Å²) in [4.78, 5) is 0. The van der Waals surface area contributed by atoms with Gasteiger partial charge in [-0.05, 0) is 112 Å². The van der Waals surface area contributed by atoms with Crippen molar-refractivity contribution in [1.82, 2.24) is 9.78 Å². The van der Waals surface area contributed by atoms with Crippen LogP contribution in [0.2, 0.25) is 0 Å². The Hall–Kier alpha value is -1.38. The van der Waals surface area contributed by atoms with Crippen molar-refractivity contribution in [2.45, 2.75) is 122 Å². The molecule has 1 aromatic rings. The van der Waals surface area contributed by atoms with E-state index in [0.29, 0.717) is 29.4 Å². The molecule has 4 fully saturated rings. The topological polar surface area (TPSA) is 82.1 Å². The highest BCUT2D eigenvalue weighted by atomic mass is 16.3. The van der Waals surface area contributed by atoms with E-state index in [1.807, 2.05) is 6.92 Å². The van der Waals surface area contributed by atoms with Crippen molar-refractivity contribution in [3.63, 3.8) is 0 Å². The van der Waals surface area contributed by atoms with Crippen molar-refractivity contribution in [2.75, 3.05) is 0 Å². The van der Waals surface area contributed by atoms with E-state index < -0.39 is 11.2 Å². The number of aromatic nitrogens is 2. The summed E-state index contributed by atoms with van der Waals surface area (Å²) in [5, 5.41) is 36.6. The number of rotatable bonds is 5. The van der Waals surface area contributed by atoms with Crippen LogP contribution < -0.4 is 0 Å². The van der Waals surface area contributed by atoms with Crippen molar-refractivity contribution in [3.8, 4) is 6.07 Å². The van der Waals surface area contributed by atoms with Crippen LogP contribution in [0.1, 0.15) is 110 Å². The molecule has 1 heterocycles. The Balaban J connectivity index is 1.36. The van der Waals surface area contributed by atoms with Crippen LogP contribution in [-0.4, -0.2) is 31.2 Å². The number of hydrogen-bond donors (Lipinski definition) is 2. The van der Waals surface area contributed by atoms with Gasteiger partial charge in [0.05, 0.1) is 29.5 Å². The lowest BCUT2D eigenvalue weighted by Crippen LogP contribution is -2.60. The summed E-state index contributed by atoms with van der Waals surface area (Å²) in [5.74, 6) is 3.10. The fourth-order valence-corrected chi connectivity index (χ4v) is 10.2. The second kappa shape index (κ2) is 8.88. The summed E-state index contributed by atoms with van der Waals surface area (Å²) in [7, 11) is 0. The maximum atomic E-state index is 11.8. The van der Waals surface area contributed by atoms with Crippen LogP contribution >= 0.6 is 0 Å². The van der Waals surface area contributed by atoms with E-state index in [1.54, 1.807) is 17.1 Å². The summed E-state index contributed by atoms with van der Waals surface area (Å²) < 4.78 is 1.77. The van der Waals surface area contributed by atoms with Gasteiger partial charge in [0.25, 0.3) is 0 Å². The van der Waals surface area contributed by atoms with Gasteiger partial charge in [-0.2, -0.15) is 10.4 Å². The van der Waals surface area contributed by atoms with E-state index in [9.17, 15) is 15.5 Å². The van der Waals surface area contributed by atoms with E-state index in [4.69, 9.17) is 0 Å². The second-order valence-corrected chi connectivity index (χ2v) is 13.8. The summed E-state index contributed by atoms with van der Waals surface area (Å²) in [5.41, 5.74) is -0.210. The molecular weight excluding hydrogens is 434 g/mol. The number of fused-ring (bicyclic) bond motifs is 5. The SMILES string of the molecule is CCC[C@@]1(O)CC[C@@]2(C)[C@H](CC[C@@H]3[C@@H]2CC[C@]2(C)[C@@H](C(C)(O)Cn4cc(C#N)cn4)CCC[C@@H]32)C1. The molecule has 35 heavy (non-hydrogen) atoms. The molecule has 5 rings (SSSR count). The molecule has 0 aromatic carbocycles. The number of nitrogens with zero attached hydrogens (tertiary/aromatic N) is 3. The fraction of sp³-hybridized carbons (Fsp3) is 0.867. The Morgan fingerprint density at radius 1 is 1.11 bits per heavy atom. The first kappa shape index (κ1) is 25.3. The van der Waals surface area contributed by atoms with Gasteiger partial charge in [0.1, 0.15) is 6.07 Å². The van der Waals surface area contributed by atoms with E-state index in [2.05, 4.69) is 31.9 Å². The quantitative estimate of drug-likeness (QED) is 0.533. The molecule has 1 unspecified atom stereocenters. The van der Waals surface area contributed by atoms with Crippen LogP contribution in [0.5, 0.6) is 0 Å². The van der Waals surface area contributed by atoms with Crippen molar-refractivity contribution in [3.05, 3.63) is 18.0 Å². The monoisotopic (exact) mass is 481 g/mol. The average Bonchev–Trinajstić information content (AvgIpc) is 3.25. The molecule has 0 amide bonds. The highest BCUT2D eigenvalue weighted by Crippen LogP contribution is 2.68. The molecule has 5 heteroatoms. The third kappa shape index (κ3) is 4.17. The zero-order valence-corrected chi connectivity index (χ0v) is 22.5. The minimum Gasteiger partial charge on any atom is -0.390 e. The predicted octanol–water partition coefficient (Wildman–Crippen LogP) is 6.09. The molecule has 0 bridgehead atoms. The molecule has 5 nitrogen and oxygen atoms in total. The maximum absolute atomic E-state index is 11.8. The number of aliphatic hydroxyl groups is 2. The van der Waals surface area contributed by atoms with Crippen LogP contribution in [-0.2, 0) is 6.54 Å². The lowest BCUT2D eigenvalue weighted by molar-refractivity contribution is -0.192.